The third-order valence-electron chi connectivity index (χ3n) is 5.92. The first-order chi connectivity index (χ1) is 13.9. The minimum Gasteiger partial charge on any atom is -0.468 e. The number of nitrogens with zero attached hydrogens (tertiary/aromatic N) is 3. The Hall–Kier alpha value is -3.00. The third kappa shape index (κ3) is 3.04. The van der Waals surface area contributed by atoms with Gasteiger partial charge in [0.15, 0.2) is 5.41 Å². The molecule has 3 rings (SSSR count). The average molecular weight is 399 g/mol. The molecule has 154 valence electrons. The van der Waals surface area contributed by atoms with Crippen molar-refractivity contribution >= 4 is 11.9 Å². The van der Waals surface area contributed by atoms with E-state index in [-0.39, 0.29) is 31.1 Å². The van der Waals surface area contributed by atoms with Gasteiger partial charge in [-0.05, 0) is 5.56 Å². The lowest BCUT2D eigenvalue weighted by molar-refractivity contribution is -0.584. The van der Waals surface area contributed by atoms with E-state index in [0.717, 1.165) is 0 Å². The Morgan fingerprint density at radius 1 is 1.24 bits per heavy atom. The van der Waals surface area contributed by atoms with Crippen molar-refractivity contribution in [3.63, 3.8) is 0 Å². The van der Waals surface area contributed by atoms with E-state index in [2.05, 4.69) is 13.2 Å². The lowest BCUT2D eigenvalue weighted by atomic mass is 9.56. The van der Waals surface area contributed by atoms with Crippen LogP contribution in [-0.4, -0.2) is 72.0 Å². The van der Waals surface area contributed by atoms with Gasteiger partial charge in [0.05, 0.1) is 26.1 Å². The molecule has 2 fully saturated rings. The molecule has 1 amide bonds. The van der Waals surface area contributed by atoms with E-state index in [1.807, 2.05) is 0 Å². The first-order valence-electron chi connectivity index (χ1n) is 9.38. The summed E-state index contributed by atoms with van der Waals surface area (Å²) in [6, 6.07) is 8.78. The molecule has 29 heavy (non-hydrogen) atoms. The molecule has 3 atom stereocenters. The number of hydrogen-bond acceptors (Lipinski definition) is 6. The predicted molar refractivity (Wildman–Crippen MR) is 107 cm³/mol. The van der Waals surface area contributed by atoms with Crippen LogP contribution in [0.4, 0.5) is 0 Å². The Morgan fingerprint density at radius 2 is 1.90 bits per heavy atom. The van der Waals surface area contributed by atoms with Gasteiger partial charge >= 0.3 is 5.97 Å². The molecule has 0 aromatic heterocycles. The number of rotatable bonds is 7. The number of benzene rings is 1. The summed E-state index contributed by atoms with van der Waals surface area (Å²) < 4.78 is 5.08. The van der Waals surface area contributed by atoms with Crippen LogP contribution in [0.25, 0.3) is 0 Å². The molecule has 2 aliphatic heterocycles. The van der Waals surface area contributed by atoms with Crippen LogP contribution < -0.4 is 0 Å². The molecule has 2 heterocycles. The molecule has 2 aliphatic rings. The van der Waals surface area contributed by atoms with Crippen molar-refractivity contribution in [1.82, 2.24) is 9.80 Å². The fourth-order valence-corrected chi connectivity index (χ4v) is 4.98. The van der Waals surface area contributed by atoms with Crippen molar-refractivity contribution in [1.29, 1.82) is 0 Å². The minimum absolute atomic E-state index is 0.0212. The smallest absolute Gasteiger partial charge is 0.323 e. The van der Waals surface area contributed by atoms with Crippen LogP contribution in [0, 0.1) is 15.5 Å². The standard InChI is InChI=1S/C21H25N3O5/c1-4-11-22-13-20(24(27)28)14-23(12-5-2)18(25)21(15-22,19(26)29-3)17(20)16-9-7-6-8-10-16/h4-10,17H,1-2,11-15H2,3H3/t17-,20-,21-/m1/s1. The first kappa shape index (κ1) is 20.7. The first-order valence-corrected chi connectivity index (χ1v) is 9.38. The normalized spacial score (nSPS) is 29.2. The minimum atomic E-state index is -1.73. The van der Waals surface area contributed by atoms with Gasteiger partial charge in [-0.1, -0.05) is 42.5 Å². The second kappa shape index (κ2) is 7.79. The highest BCUT2D eigenvalue weighted by Gasteiger charge is 2.74. The monoisotopic (exact) mass is 399 g/mol. The number of nitro groups is 1. The van der Waals surface area contributed by atoms with Gasteiger partial charge < -0.3 is 9.64 Å². The largest absolute Gasteiger partial charge is 0.468 e. The molecule has 0 saturated carbocycles. The van der Waals surface area contributed by atoms with Crippen LogP contribution in [0.5, 0.6) is 0 Å². The van der Waals surface area contributed by atoms with E-state index in [1.165, 1.54) is 18.1 Å². The number of fused-ring (bicyclic) bond motifs is 2. The summed E-state index contributed by atoms with van der Waals surface area (Å²) in [6.45, 7) is 7.81. The summed E-state index contributed by atoms with van der Waals surface area (Å²) in [7, 11) is 1.21. The van der Waals surface area contributed by atoms with Gasteiger partial charge in [0.1, 0.15) is 0 Å². The van der Waals surface area contributed by atoms with E-state index in [0.29, 0.717) is 12.1 Å². The summed E-state index contributed by atoms with van der Waals surface area (Å²) in [5.41, 5.74) is -2.72. The van der Waals surface area contributed by atoms with Crippen LogP contribution in [0.2, 0.25) is 0 Å². The maximum atomic E-state index is 13.6. The molecule has 8 nitrogen and oxygen atoms in total. The molecule has 8 heteroatoms. The lowest BCUT2D eigenvalue weighted by Crippen LogP contribution is -2.77. The van der Waals surface area contributed by atoms with Crippen molar-refractivity contribution in [2.75, 3.05) is 39.8 Å². The molecule has 0 unspecified atom stereocenters. The SMILES string of the molecule is C=CCN1C[C@]2(C(=O)OC)C(=O)N(CC=C)C[C@]([N+](=O)[O-])(C1)[C@H]2c1ccccc1. The molecule has 0 aliphatic carbocycles. The number of esters is 1. The van der Waals surface area contributed by atoms with Crippen LogP contribution in [0.1, 0.15) is 11.5 Å². The van der Waals surface area contributed by atoms with Crippen molar-refractivity contribution in [3.8, 4) is 0 Å². The second-order valence-corrected chi connectivity index (χ2v) is 7.60. The predicted octanol–water partition coefficient (Wildman–Crippen LogP) is 1.47. The maximum Gasteiger partial charge on any atom is 0.323 e. The zero-order valence-corrected chi connectivity index (χ0v) is 16.5. The molecule has 1 aromatic carbocycles. The van der Waals surface area contributed by atoms with Crippen molar-refractivity contribution < 1.29 is 19.2 Å². The van der Waals surface area contributed by atoms with E-state index in [9.17, 15) is 19.7 Å². The van der Waals surface area contributed by atoms with Crippen LogP contribution in [0.3, 0.4) is 0 Å². The molecular formula is C21H25N3O5. The second-order valence-electron chi connectivity index (χ2n) is 7.60. The van der Waals surface area contributed by atoms with Crippen molar-refractivity contribution in [3.05, 3.63) is 71.3 Å². The molecule has 2 bridgehead atoms. The van der Waals surface area contributed by atoms with Gasteiger partial charge in [-0.3, -0.25) is 24.6 Å². The van der Waals surface area contributed by atoms with E-state index in [4.69, 9.17) is 4.74 Å². The number of methoxy groups -OCH3 is 1. The summed E-state index contributed by atoms with van der Waals surface area (Å²) in [4.78, 5) is 42.2. The van der Waals surface area contributed by atoms with Gasteiger partial charge in [-0.25, -0.2) is 0 Å². The number of carbonyl (C=O) groups is 2. The lowest BCUT2D eigenvalue weighted by Gasteiger charge is -2.56. The fraction of sp³-hybridized carbons (Fsp3) is 0.429. The molecule has 1 aromatic rings. The molecule has 2 saturated heterocycles. The van der Waals surface area contributed by atoms with Crippen LogP contribution in [-0.2, 0) is 14.3 Å². The zero-order valence-electron chi connectivity index (χ0n) is 16.5. The summed E-state index contributed by atoms with van der Waals surface area (Å²) >= 11 is 0. The van der Waals surface area contributed by atoms with E-state index >= 15 is 0 Å². The Labute approximate surface area is 169 Å². The topological polar surface area (TPSA) is 93.0 Å². The molecular weight excluding hydrogens is 374 g/mol. The summed E-state index contributed by atoms with van der Waals surface area (Å²) in [5.74, 6) is -2.18. The Bertz CT molecular complexity index is 842. The highest BCUT2D eigenvalue weighted by Crippen LogP contribution is 2.54. The Morgan fingerprint density at radius 3 is 2.45 bits per heavy atom. The molecule has 0 spiro atoms. The zero-order chi connectivity index (χ0) is 21.2. The van der Waals surface area contributed by atoms with Crippen molar-refractivity contribution in [2.45, 2.75) is 11.5 Å². The highest BCUT2D eigenvalue weighted by molar-refractivity contribution is 6.05. The van der Waals surface area contributed by atoms with Crippen LogP contribution >= 0.6 is 0 Å². The number of ether oxygens (including phenoxy) is 1. The van der Waals surface area contributed by atoms with Crippen molar-refractivity contribution in [2.24, 2.45) is 5.41 Å². The van der Waals surface area contributed by atoms with Gasteiger partial charge in [0, 0.05) is 24.6 Å². The maximum absolute atomic E-state index is 13.6. The van der Waals surface area contributed by atoms with Gasteiger partial charge in [-0.2, -0.15) is 0 Å². The Balaban J connectivity index is 2.32. The molecule has 0 N–H and O–H groups in total. The van der Waals surface area contributed by atoms with Gasteiger partial charge in [0.2, 0.25) is 5.91 Å². The number of hydrogen-bond donors (Lipinski definition) is 0. The van der Waals surface area contributed by atoms with E-state index in [1.54, 1.807) is 41.3 Å². The number of piperidine rings is 2. The Kier molecular flexibility index (Phi) is 5.57. The highest BCUT2D eigenvalue weighted by atomic mass is 16.6. The summed E-state index contributed by atoms with van der Waals surface area (Å²) in [5, 5.41) is 12.6. The van der Waals surface area contributed by atoms with Gasteiger partial charge in [0.25, 0.3) is 5.54 Å². The molecule has 0 radical (unpaired) electrons. The van der Waals surface area contributed by atoms with Crippen LogP contribution in [0.15, 0.2) is 55.6 Å². The number of amides is 1. The summed E-state index contributed by atoms with van der Waals surface area (Å²) in [6.07, 6.45) is 3.12. The average Bonchev–Trinajstić information content (AvgIpc) is 2.71. The number of carbonyl (C=O) groups excluding carboxylic acids is 2. The third-order valence-corrected chi connectivity index (χ3v) is 5.92. The number of likely N-dealkylation sites (tertiary alicyclic amines) is 2. The fourth-order valence-electron chi connectivity index (χ4n) is 4.98. The van der Waals surface area contributed by atoms with E-state index < -0.39 is 28.7 Å². The quantitative estimate of drug-likeness (QED) is 0.227. The van der Waals surface area contributed by atoms with Gasteiger partial charge in [-0.15, -0.1) is 13.2 Å².